The summed E-state index contributed by atoms with van der Waals surface area (Å²) in [5.41, 5.74) is 8.53. The van der Waals surface area contributed by atoms with Gasteiger partial charge < -0.3 is 11.1 Å². The maximum atomic E-state index is 11.3. The summed E-state index contributed by atoms with van der Waals surface area (Å²) in [6, 6.07) is 11.2. The number of hydrogen-bond donors (Lipinski definition) is 2. The fourth-order valence-corrected chi connectivity index (χ4v) is 3.43. The molecule has 3 N–H and O–H groups in total. The van der Waals surface area contributed by atoms with E-state index in [9.17, 15) is 10.1 Å². The average molecular weight is 391 g/mol. The summed E-state index contributed by atoms with van der Waals surface area (Å²) < 4.78 is 0. The fourth-order valence-electron chi connectivity index (χ4n) is 2.59. The lowest BCUT2D eigenvalue weighted by atomic mass is 10.1. The topological polar surface area (TPSA) is 133 Å². The number of nitrogens with one attached hydrogen (secondary N) is 1. The Bertz CT molecular complexity index is 1150. The van der Waals surface area contributed by atoms with E-state index in [1.165, 1.54) is 17.7 Å². The van der Waals surface area contributed by atoms with Crippen LogP contribution in [-0.4, -0.2) is 24.9 Å². The predicted molar refractivity (Wildman–Crippen MR) is 107 cm³/mol. The van der Waals surface area contributed by atoms with Crippen molar-refractivity contribution in [3.63, 3.8) is 0 Å². The molecule has 0 unspecified atom stereocenters. The second kappa shape index (κ2) is 7.37. The second-order valence-corrected chi connectivity index (χ2v) is 6.55. The lowest BCUT2D eigenvalue weighted by Crippen LogP contribution is -2.05. The largest absolute Gasteiger partial charge is 0.378 e. The minimum Gasteiger partial charge on any atom is -0.378 e. The second-order valence-electron chi connectivity index (χ2n) is 5.69. The molecule has 0 saturated heterocycles. The Morgan fingerprint density at radius 2 is 1.93 bits per heavy atom. The zero-order valence-electron chi connectivity index (χ0n) is 14.3. The van der Waals surface area contributed by atoms with Crippen LogP contribution in [0.3, 0.4) is 0 Å². The van der Waals surface area contributed by atoms with Gasteiger partial charge in [-0.05, 0) is 24.3 Å². The Balaban J connectivity index is 1.64. The highest BCUT2D eigenvalue weighted by Crippen LogP contribution is 2.32. The third-order valence-corrected chi connectivity index (χ3v) is 4.78. The first-order chi connectivity index (χ1) is 13.6. The van der Waals surface area contributed by atoms with Gasteiger partial charge in [-0.2, -0.15) is 0 Å². The van der Waals surface area contributed by atoms with E-state index >= 15 is 0 Å². The molecule has 0 aliphatic heterocycles. The van der Waals surface area contributed by atoms with Crippen molar-refractivity contribution < 1.29 is 4.92 Å². The molecule has 0 bridgehead atoms. The number of nitro groups is 1. The van der Waals surface area contributed by atoms with Gasteiger partial charge in [0.25, 0.3) is 0 Å². The van der Waals surface area contributed by atoms with Crippen molar-refractivity contribution in [3.8, 4) is 21.8 Å². The maximum Gasteiger partial charge on any atom is 0.353 e. The summed E-state index contributed by atoms with van der Waals surface area (Å²) in [5.74, 6) is -0.162. The Morgan fingerprint density at radius 3 is 2.71 bits per heavy atom. The van der Waals surface area contributed by atoms with Crippen LogP contribution in [-0.2, 0) is 0 Å². The Hall–Kier alpha value is -3.92. The molecule has 1 aromatic carbocycles. The molecule has 0 aliphatic carbocycles. The van der Waals surface area contributed by atoms with Crippen LogP contribution in [0.1, 0.15) is 0 Å². The molecule has 0 saturated carbocycles. The zero-order valence-corrected chi connectivity index (χ0v) is 15.1. The molecule has 0 spiro atoms. The average Bonchev–Trinajstić information content (AvgIpc) is 3.19. The van der Waals surface area contributed by atoms with Gasteiger partial charge in [-0.15, -0.1) is 11.3 Å². The van der Waals surface area contributed by atoms with E-state index in [1.807, 2.05) is 35.7 Å². The summed E-state index contributed by atoms with van der Waals surface area (Å²) in [4.78, 5) is 26.9. The number of thiazole rings is 1. The van der Waals surface area contributed by atoms with Crippen molar-refractivity contribution in [1.82, 2.24) is 19.9 Å². The van der Waals surface area contributed by atoms with Gasteiger partial charge in [-0.25, -0.2) is 15.0 Å². The molecule has 28 heavy (non-hydrogen) atoms. The van der Waals surface area contributed by atoms with Gasteiger partial charge in [-0.3, -0.25) is 15.1 Å². The van der Waals surface area contributed by atoms with Crippen molar-refractivity contribution in [2.75, 3.05) is 11.1 Å². The lowest BCUT2D eigenvalue weighted by molar-refractivity contribution is -0.383. The minimum atomic E-state index is -0.608. The first kappa shape index (κ1) is 17.5. The molecule has 4 rings (SSSR count). The molecule has 10 heteroatoms. The van der Waals surface area contributed by atoms with Crippen molar-refractivity contribution in [1.29, 1.82) is 0 Å². The van der Waals surface area contributed by atoms with Crippen molar-refractivity contribution in [2.24, 2.45) is 0 Å². The molecule has 0 fully saturated rings. The predicted octanol–water partition coefficient (Wildman–Crippen LogP) is 3.90. The highest BCUT2D eigenvalue weighted by atomic mass is 32.1. The number of aromatic nitrogens is 4. The third kappa shape index (κ3) is 3.48. The monoisotopic (exact) mass is 391 g/mol. The van der Waals surface area contributed by atoms with Crippen LogP contribution >= 0.6 is 11.3 Å². The number of anilines is 3. The summed E-state index contributed by atoms with van der Waals surface area (Å²) in [7, 11) is 0. The van der Waals surface area contributed by atoms with E-state index in [4.69, 9.17) is 5.73 Å². The molecular formula is C18H13N7O2S. The molecule has 0 amide bonds. The molecule has 0 radical (unpaired) electrons. The third-order valence-electron chi connectivity index (χ3n) is 3.89. The molecule has 0 aliphatic rings. The Morgan fingerprint density at radius 1 is 1.11 bits per heavy atom. The number of nitrogens with two attached hydrogens (primary N) is 1. The molecule has 3 heterocycles. The van der Waals surface area contributed by atoms with Gasteiger partial charge >= 0.3 is 5.69 Å². The highest BCUT2D eigenvalue weighted by molar-refractivity contribution is 7.13. The van der Waals surface area contributed by atoms with Gasteiger partial charge in [0.05, 0.1) is 10.6 Å². The highest BCUT2D eigenvalue weighted by Gasteiger charge is 2.21. The molecular weight excluding hydrogens is 378 g/mol. The van der Waals surface area contributed by atoms with Gasteiger partial charge in [-0.1, -0.05) is 12.1 Å². The molecule has 138 valence electrons. The smallest absolute Gasteiger partial charge is 0.353 e. The van der Waals surface area contributed by atoms with E-state index in [0.717, 1.165) is 21.8 Å². The maximum absolute atomic E-state index is 11.3. The number of nitrogen functional groups attached to an aromatic ring is 1. The quantitative estimate of drug-likeness (QED) is 0.386. The number of rotatable bonds is 5. The van der Waals surface area contributed by atoms with Gasteiger partial charge in [0.1, 0.15) is 11.3 Å². The van der Waals surface area contributed by atoms with Gasteiger partial charge in [0.2, 0.25) is 11.6 Å². The fraction of sp³-hybridized carbons (Fsp3) is 0. The van der Waals surface area contributed by atoms with Gasteiger partial charge in [0.15, 0.2) is 0 Å². The van der Waals surface area contributed by atoms with Crippen LogP contribution < -0.4 is 11.1 Å². The number of benzene rings is 1. The summed E-state index contributed by atoms with van der Waals surface area (Å²) >= 11 is 1.53. The summed E-state index contributed by atoms with van der Waals surface area (Å²) in [6.07, 6.45) is 4.62. The van der Waals surface area contributed by atoms with Crippen LogP contribution in [0.5, 0.6) is 0 Å². The van der Waals surface area contributed by atoms with E-state index in [1.54, 1.807) is 18.5 Å². The number of pyridine rings is 1. The normalized spacial score (nSPS) is 10.6. The van der Waals surface area contributed by atoms with Crippen molar-refractivity contribution in [2.45, 2.75) is 0 Å². The van der Waals surface area contributed by atoms with Gasteiger partial charge in [0, 0.05) is 34.6 Å². The minimum absolute atomic E-state index is 0.0328. The zero-order chi connectivity index (χ0) is 19.5. The van der Waals surface area contributed by atoms with E-state index in [-0.39, 0.29) is 17.3 Å². The van der Waals surface area contributed by atoms with Crippen molar-refractivity contribution in [3.05, 3.63) is 70.6 Å². The molecule has 9 nitrogen and oxygen atoms in total. The van der Waals surface area contributed by atoms with Crippen LogP contribution in [0.2, 0.25) is 0 Å². The molecule has 0 atom stereocenters. The molecule has 3 aromatic heterocycles. The first-order valence-corrected chi connectivity index (χ1v) is 8.98. The first-order valence-electron chi connectivity index (χ1n) is 8.10. The van der Waals surface area contributed by atoms with Crippen LogP contribution in [0.4, 0.5) is 23.0 Å². The SMILES string of the molecule is Nc1ncnc(Nc2cccc(-c3csc(-c4ccncc4)n3)c2)c1[N+](=O)[O-]. The summed E-state index contributed by atoms with van der Waals surface area (Å²) in [5, 5.41) is 17.0. The standard InChI is InChI=1S/C18H13N7O2S/c19-16-15(25(26)27)17(22-10-21-16)23-13-3-1-2-12(8-13)14-9-28-18(24-14)11-4-6-20-7-5-11/h1-10H,(H3,19,21,22,23). The van der Waals surface area contributed by atoms with Crippen LogP contribution in [0.25, 0.3) is 21.8 Å². The number of nitrogens with zero attached hydrogens (tertiary/aromatic N) is 5. The van der Waals surface area contributed by atoms with Crippen molar-refractivity contribution >= 4 is 34.3 Å². The van der Waals surface area contributed by atoms with Crippen LogP contribution in [0, 0.1) is 10.1 Å². The Labute approximate surface area is 163 Å². The lowest BCUT2D eigenvalue weighted by Gasteiger charge is -2.08. The summed E-state index contributed by atoms with van der Waals surface area (Å²) in [6.45, 7) is 0. The molecule has 4 aromatic rings. The number of hydrogen-bond acceptors (Lipinski definition) is 9. The van der Waals surface area contributed by atoms with E-state index in [2.05, 4.69) is 25.3 Å². The van der Waals surface area contributed by atoms with E-state index in [0.29, 0.717) is 5.69 Å². The Kier molecular flexibility index (Phi) is 4.60. The van der Waals surface area contributed by atoms with Crippen LogP contribution in [0.15, 0.2) is 60.5 Å². The van der Waals surface area contributed by atoms with E-state index < -0.39 is 4.92 Å².